The van der Waals surface area contributed by atoms with Crippen LogP contribution in [0, 0.1) is 11.8 Å². The number of H-pyrrole nitrogens is 1. The van der Waals surface area contributed by atoms with Gasteiger partial charge >= 0.3 is 5.97 Å². The Hall–Kier alpha value is -10.2. The van der Waals surface area contributed by atoms with Crippen LogP contribution in [0.25, 0.3) is 0 Å². The summed E-state index contributed by atoms with van der Waals surface area (Å²) in [5.74, 6) is -10.5. The van der Waals surface area contributed by atoms with Gasteiger partial charge in [-0.25, -0.2) is 9.78 Å². The van der Waals surface area contributed by atoms with Crippen LogP contribution in [0.5, 0.6) is 5.75 Å². The Balaban J connectivity index is 1.61. The van der Waals surface area contributed by atoms with Gasteiger partial charge in [0.25, 0.3) is 0 Å². The largest absolute Gasteiger partial charge is 0.508 e. The number of amides is 9. The minimum atomic E-state index is -1.78. The second kappa shape index (κ2) is 42.4. The van der Waals surface area contributed by atoms with Gasteiger partial charge in [-0.1, -0.05) is 107 Å². The van der Waals surface area contributed by atoms with E-state index >= 15 is 0 Å². The van der Waals surface area contributed by atoms with E-state index in [2.05, 4.69) is 67.8 Å². The van der Waals surface area contributed by atoms with E-state index in [9.17, 15) is 63.3 Å². The maximum Gasteiger partial charge on any atom is 0.326 e. The molecule has 0 unspecified atom stereocenters. The van der Waals surface area contributed by atoms with Crippen molar-refractivity contribution in [1.82, 2.24) is 57.8 Å². The highest BCUT2D eigenvalue weighted by atomic mass is 16.4. The van der Waals surface area contributed by atoms with Crippen molar-refractivity contribution in [2.24, 2.45) is 56.2 Å². The number of phenolic OH excluding ortho intramolecular Hbond substituents is 1. The number of carboxylic acids is 1. The number of guanidine groups is 2. The quantitative estimate of drug-likeness (QED) is 0.0123. The molecule has 4 aromatic rings. The minimum Gasteiger partial charge on any atom is -0.508 e. The number of rotatable bonds is 44. The number of unbranched alkanes of at least 4 members (excludes halogenated alkanes) is 1. The molecule has 536 valence electrons. The van der Waals surface area contributed by atoms with Crippen LogP contribution in [-0.2, 0) is 73.6 Å². The predicted octanol–water partition coefficient (Wildman–Crippen LogP) is -2.52. The average molecular weight is 1370 g/mol. The summed E-state index contributed by atoms with van der Waals surface area (Å²) in [4.78, 5) is 156. The van der Waals surface area contributed by atoms with Crippen molar-refractivity contribution in [2.45, 2.75) is 172 Å². The fourth-order valence-electron chi connectivity index (χ4n) is 10.2. The lowest BCUT2D eigenvalue weighted by Crippen LogP contribution is -2.61. The summed E-state index contributed by atoms with van der Waals surface area (Å²) in [6.45, 7) is 6.19. The molecule has 32 heteroatoms. The maximum atomic E-state index is 14.7. The van der Waals surface area contributed by atoms with Gasteiger partial charge in [-0.3, -0.25) is 53.1 Å². The van der Waals surface area contributed by atoms with E-state index in [0.717, 1.165) is 5.56 Å². The number of aromatic hydroxyl groups is 1. The Labute approximate surface area is 569 Å². The van der Waals surface area contributed by atoms with E-state index in [1.807, 2.05) is 0 Å². The van der Waals surface area contributed by atoms with Crippen molar-refractivity contribution >= 4 is 71.1 Å². The number of carboxylic acid groups (broad SMARTS) is 1. The summed E-state index contributed by atoms with van der Waals surface area (Å²) < 4.78 is 0. The molecule has 0 spiro atoms. The Kier molecular flexibility index (Phi) is 34.7. The van der Waals surface area contributed by atoms with Crippen molar-refractivity contribution in [2.75, 3.05) is 26.2 Å². The van der Waals surface area contributed by atoms with Gasteiger partial charge in [0.05, 0.1) is 19.0 Å². The van der Waals surface area contributed by atoms with Crippen LogP contribution in [0.4, 0.5) is 0 Å². The van der Waals surface area contributed by atoms with Crippen LogP contribution in [0.2, 0.25) is 0 Å². The standard InChI is InChI=1S/C66H99N19O13/c1-5-39(4)54(63(96)83-52(64(97)98)33-41-18-10-7-11-19-41)85-61(94)49(30-38(2)3)81-58(91)48(22-15-29-75-66(71)72)78-57(90)47(21-14-28-74-65(69)70)77-56(89)46(20-12-13-27-67)79-62(95)53(36-86)84-60(93)51(34-43-35-73-37-76-43)82-59(92)50(32-42-23-25-44(87)26-24-42)80-55(88)45(68)31-40-16-8-6-9-17-40/h6-11,16-19,23-26,35,37-39,45-54,86-87H,5,12-15,20-22,27-34,36,67-68H2,1-4H3,(H,73,76)(H,77,89)(H,78,90)(H,79,95)(H,80,88)(H,81,91)(H,82,92)(H,83,96)(H,84,93)(H,85,94)(H,97,98)(H4,69,70,74)(H4,71,72,75)/t39-,45-,46-,47-,48-,49-,50-,51-,52-,53-,54-/m0/s1. The first kappa shape index (κ1) is 80.2. The first-order valence-electron chi connectivity index (χ1n) is 32.7. The monoisotopic (exact) mass is 1370 g/mol. The van der Waals surface area contributed by atoms with E-state index < -0.39 is 132 Å². The second-order valence-corrected chi connectivity index (χ2v) is 24.3. The highest BCUT2D eigenvalue weighted by Gasteiger charge is 2.37. The number of benzene rings is 3. The number of aliphatic carboxylic acids is 1. The highest BCUT2D eigenvalue weighted by Crippen LogP contribution is 2.16. The molecule has 3 aromatic carbocycles. The number of hydrogen-bond donors (Lipinski definition) is 19. The normalized spacial score (nSPS) is 14.4. The van der Waals surface area contributed by atoms with Crippen LogP contribution < -0.4 is 82.3 Å². The highest BCUT2D eigenvalue weighted by molar-refractivity contribution is 5.99. The lowest BCUT2D eigenvalue weighted by molar-refractivity contribution is -0.142. The van der Waals surface area contributed by atoms with Gasteiger partial charge in [0.2, 0.25) is 53.2 Å². The molecule has 0 aliphatic heterocycles. The number of carbonyl (C=O) groups excluding carboxylic acids is 9. The van der Waals surface area contributed by atoms with Gasteiger partial charge in [0.15, 0.2) is 11.9 Å². The molecule has 1 aromatic heterocycles. The number of aromatic amines is 1. The number of imidazole rings is 1. The van der Waals surface area contributed by atoms with Gasteiger partial charge in [0, 0.05) is 44.2 Å². The molecule has 32 nitrogen and oxygen atoms in total. The number of hydrogen-bond acceptors (Lipinski definition) is 17. The maximum absolute atomic E-state index is 14.7. The molecule has 0 bridgehead atoms. The smallest absolute Gasteiger partial charge is 0.326 e. The van der Waals surface area contributed by atoms with Gasteiger partial charge < -0.3 is 103 Å². The number of aliphatic hydroxyl groups excluding tert-OH is 1. The number of nitrogens with zero attached hydrogens (tertiary/aromatic N) is 3. The van der Waals surface area contributed by atoms with E-state index in [1.54, 1.807) is 100 Å². The molecule has 0 radical (unpaired) electrons. The Bertz CT molecular complexity index is 3240. The van der Waals surface area contributed by atoms with Crippen molar-refractivity contribution in [3.8, 4) is 5.75 Å². The summed E-state index contributed by atoms with van der Waals surface area (Å²) in [7, 11) is 0. The summed E-state index contributed by atoms with van der Waals surface area (Å²) >= 11 is 0. The number of nitrogens with two attached hydrogens (primary N) is 6. The third kappa shape index (κ3) is 29.0. The Morgan fingerprint density at radius 1 is 0.500 bits per heavy atom. The van der Waals surface area contributed by atoms with Crippen molar-refractivity contribution in [1.29, 1.82) is 0 Å². The van der Waals surface area contributed by atoms with Crippen LogP contribution in [0.1, 0.15) is 108 Å². The SMILES string of the molecule is CC[C@H](C)[C@H](NC(=O)[C@H](CC(C)C)NC(=O)[C@H](CCCN=C(N)N)NC(=O)[C@H](CCCN=C(N)N)NC(=O)[C@H](CCCCN)NC(=O)[C@H](CO)NC(=O)[C@H](Cc1cnc[nH]1)NC(=O)[C@H](Cc1ccc(O)cc1)NC(=O)[C@@H](N)Cc1ccccc1)C(=O)N[C@@H](Cc1ccccc1)C(=O)O. The van der Waals surface area contributed by atoms with E-state index in [4.69, 9.17) is 34.4 Å². The molecule has 25 N–H and O–H groups in total. The van der Waals surface area contributed by atoms with Crippen LogP contribution in [-0.4, -0.2) is 183 Å². The van der Waals surface area contributed by atoms with Gasteiger partial charge in [-0.05, 0) is 105 Å². The van der Waals surface area contributed by atoms with Crippen molar-refractivity contribution in [3.05, 3.63) is 120 Å². The van der Waals surface area contributed by atoms with E-state index in [-0.39, 0.29) is 114 Å². The Morgan fingerprint density at radius 2 is 0.918 bits per heavy atom. The molecule has 0 saturated heterocycles. The van der Waals surface area contributed by atoms with Crippen molar-refractivity contribution in [3.63, 3.8) is 0 Å². The van der Waals surface area contributed by atoms with Crippen LogP contribution in [0.15, 0.2) is 107 Å². The summed E-state index contributed by atoms with van der Waals surface area (Å²) in [5.41, 5.74) is 36.8. The third-order valence-electron chi connectivity index (χ3n) is 15.8. The molecule has 0 aliphatic carbocycles. The topological polar surface area (TPSA) is 549 Å². The average Bonchev–Trinajstić information content (AvgIpc) is 2.52. The lowest BCUT2D eigenvalue weighted by Gasteiger charge is -2.29. The molecule has 1 heterocycles. The Morgan fingerprint density at radius 3 is 1.39 bits per heavy atom. The fourth-order valence-corrected chi connectivity index (χ4v) is 10.2. The second-order valence-electron chi connectivity index (χ2n) is 24.3. The zero-order valence-electron chi connectivity index (χ0n) is 55.9. The number of aliphatic hydroxyl groups is 1. The molecular weight excluding hydrogens is 1270 g/mol. The molecule has 11 atom stereocenters. The summed E-state index contributed by atoms with van der Waals surface area (Å²) in [6.07, 6.45) is 3.23. The minimum absolute atomic E-state index is 0.00339. The van der Waals surface area contributed by atoms with Gasteiger partial charge in [0.1, 0.15) is 60.1 Å². The van der Waals surface area contributed by atoms with Gasteiger partial charge in [-0.15, -0.1) is 0 Å². The number of phenols is 1. The summed E-state index contributed by atoms with van der Waals surface area (Å²) in [6, 6.07) is 9.42. The molecule has 98 heavy (non-hydrogen) atoms. The predicted molar refractivity (Wildman–Crippen MR) is 366 cm³/mol. The molecule has 0 saturated carbocycles. The zero-order chi connectivity index (χ0) is 72.3. The first-order valence-corrected chi connectivity index (χ1v) is 32.7. The van der Waals surface area contributed by atoms with Crippen molar-refractivity contribution < 1.29 is 63.3 Å². The van der Waals surface area contributed by atoms with E-state index in [1.165, 1.54) is 24.7 Å². The lowest BCUT2D eigenvalue weighted by atomic mass is 9.96. The summed E-state index contributed by atoms with van der Waals surface area (Å²) in [5, 5.41) is 54.5. The number of nitrogens with one attached hydrogen (secondary N) is 10. The first-order chi connectivity index (χ1) is 46.7. The number of aliphatic imine (C=N–C) groups is 2. The molecule has 4 rings (SSSR count). The molecule has 0 fully saturated rings. The third-order valence-corrected chi connectivity index (χ3v) is 15.8. The molecule has 0 aliphatic rings. The molecular formula is C66H99N19O13. The van der Waals surface area contributed by atoms with Crippen LogP contribution in [0.3, 0.4) is 0 Å². The van der Waals surface area contributed by atoms with E-state index in [0.29, 0.717) is 29.7 Å². The van der Waals surface area contributed by atoms with Crippen LogP contribution >= 0.6 is 0 Å². The van der Waals surface area contributed by atoms with Gasteiger partial charge in [-0.2, -0.15) is 0 Å². The number of carbonyl (C=O) groups is 10. The zero-order valence-corrected chi connectivity index (χ0v) is 55.9. The fraction of sp³-hybridized carbons (Fsp3) is 0.500. The molecule has 9 amide bonds. The number of aromatic nitrogens is 2.